The van der Waals surface area contributed by atoms with E-state index in [9.17, 15) is 4.79 Å². The number of thioether (sulfide) groups is 1. The van der Waals surface area contributed by atoms with Gasteiger partial charge in [-0.15, -0.1) is 0 Å². The first kappa shape index (κ1) is 25.0. The number of carbonyl (C=O) groups is 1. The third kappa shape index (κ3) is 16.5. The minimum Gasteiger partial charge on any atom is -0.465 e. The molecule has 0 aliphatic heterocycles. The van der Waals surface area contributed by atoms with Crippen molar-refractivity contribution in [1.82, 2.24) is 0 Å². The average molecular weight is 381 g/mol. The van der Waals surface area contributed by atoms with Crippen molar-refractivity contribution in [3.05, 3.63) is 36.5 Å². The molecule has 26 heavy (non-hydrogen) atoms. The molecule has 0 saturated heterocycles. The summed E-state index contributed by atoms with van der Waals surface area (Å²) in [4.78, 5) is 11.7. The monoisotopic (exact) mass is 380 g/mol. The van der Waals surface area contributed by atoms with Gasteiger partial charge in [-0.05, 0) is 51.7 Å². The molecule has 0 radical (unpaired) electrons. The lowest BCUT2D eigenvalue weighted by Gasteiger charge is -2.12. The highest BCUT2D eigenvalue weighted by molar-refractivity contribution is 7.99. The van der Waals surface area contributed by atoms with Crippen LogP contribution in [0.5, 0.6) is 0 Å². The summed E-state index contributed by atoms with van der Waals surface area (Å²) in [5, 5.41) is 0.0248. The SMILES string of the molecule is CC/C=C\C/C=C\C/C=C\CCCCCCCCC(SC)C(=O)OCC. The van der Waals surface area contributed by atoms with Crippen molar-refractivity contribution >= 4 is 17.7 Å². The van der Waals surface area contributed by atoms with Crippen LogP contribution in [0.15, 0.2) is 36.5 Å². The zero-order valence-corrected chi connectivity index (χ0v) is 18.1. The fraction of sp³-hybridized carbons (Fsp3) is 0.696. The molecule has 0 fully saturated rings. The fourth-order valence-electron chi connectivity index (χ4n) is 2.69. The van der Waals surface area contributed by atoms with Gasteiger partial charge in [-0.3, -0.25) is 4.79 Å². The van der Waals surface area contributed by atoms with Gasteiger partial charge < -0.3 is 4.74 Å². The number of hydrogen-bond donors (Lipinski definition) is 0. The highest BCUT2D eigenvalue weighted by atomic mass is 32.2. The quantitative estimate of drug-likeness (QED) is 0.151. The molecule has 0 saturated carbocycles. The second kappa shape index (κ2) is 20.4. The van der Waals surface area contributed by atoms with Crippen LogP contribution in [-0.4, -0.2) is 24.1 Å². The molecule has 0 aliphatic carbocycles. The molecule has 150 valence electrons. The van der Waals surface area contributed by atoms with Gasteiger partial charge in [0, 0.05) is 0 Å². The van der Waals surface area contributed by atoms with E-state index in [4.69, 9.17) is 4.74 Å². The molecule has 0 amide bonds. The lowest BCUT2D eigenvalue weighted by Crippen LogP contribution is -2.19. The van der Waals surface area contributed by atoms with Crippen LogP contribution in [-0.2, 0) is 9.53 Å². The van der Waals surface area contributed by atoms with Crippen LogP contribution in [0.2, 0.25) is 0 Å². The van der Waals surface area contributed by atoms with Gasteiger partial charge in [0.15, 0.2) is 0 Å². The maximum Gasteiger partial charge on any atom is 0.319 e. The van der Waals surface area contributed by atoms with Crippen molar-refractivity contribution in [2.75, 3.05) is 12.9 Å². The van der Waals surface area contributed by atoms with Gasteiger partial charge in [-0.25, -0.2) is 0 Å². The van der Waals surface area contributed by atoms with E-state index in [0.29, 0.717) is 6.61 Å². The molecule has 3 heteroatoms. The molecule has 1 atom stereocenters. The van der Waals surface area contributed by atoms with Gasteiger partial charge in [0.25, 0.3) is 0 Å². The van der Waals surface area contributed by atoms with Crippen molar-refractivity contribution in [3.8, 4) is 0 Å². The second-order valence-electron chi connectivity index (χ2n) is 6.47. The number of esters is 1. The minimum atomic E-state index is -0.0425. The highest BCUT2D eigenvalue weighted by Gasteiger charge is 2.17. The Labute approximate surface area is 166 Å². The Balaban J connectivity index is 3.44. The summed E-state index contributed by atoms with van der Waals surface area (Å²) in [6.45, 7) is 4.51. The van der Waals surface area contributed by atoms with E-state index < -0.39 is 0 Å². The van der Waals surface area contributed by atoms with Gasteiger partial charge in [0.2, 0.25) is 0 Å². The normalized spacial score (nSPS) is 13.2. The smallest absolute Gasteiger partial charge is 0.319 e. The largest absolute Gasteiger partial charge is 0.465 e. The molecular weight excluding hydrogens is 340 g/mol. The summed E-state index contributed by atoms with van der Waals surface area (Å²) in [5.41, 5.74) is 0. The third-order valence-corrected chi connectivity index (χ3v) is 5.20. The predicted molar refractivity (Wildman–Crippen MR) is 118 cm³/mol. The van der Waals surface area contributed by atoms with Gasteiger partial charge in [0.05, 0.1) is 6.61 Å². The van der Waals surface area contributed by atoms with Crippen molar-refractivity contribution in [3.63, 3.8) is 0 Å². The summed E-state index contributed by atoms with van der Waals surface area (Å²) in [7, 11) is 0. The van der Waals surface area contributed by atoms with Gasteiger partial charge in [0.1, 0.15) is 5.25 Å². The molecular formula is C23H40O2S. The lowest BCUT2D eigenvalue weighted by molar-refractivity contribution is -0.142. The lowest BCUT2D eigenvalue weighted by atomic mass is 10.1. The van der Waals surface area contributed by atoms with E-state index in [-0.39, 0.29) is 11.2 Å². The zero-order valence-electron chi connectivity index (χ0n) is 17.3. The highest BCUT2D eigenvalue weighted by Crippen LogP contribution is 2.18. The van der Waals surface area contributed by atoms with Crippen LogP contribution >= 0.6 is 11.8 Å². The van der Waals surface area contributed by atoms with E-state index in [1.165, 1.54) is 38.5 Å². The van der Waals surface area contributed by atoms with Crippen molar-refractivity contribution in [1.29, 1.82) is 0 Å². The van der Waals surface area contributed by atoms with Gasteiger partial charge >= 0.3 is 5.97 Å². The van der Waals surface area contributed by atoms with Crippen LogP contribution in [0, 0.1) is 0 Å². The number of rotatable bonds is 17. The molecule has 0 N–H and O–H groups in total. The summed E-state index contributed by atoms with van der Waals surface area (Å²) in [6, 6.07) is 0. The van der Waals surface area contributed by atoms with Gasteiger partial charge in [-0.2, -0.15) is 11.8 Å². The third-order valence-electron chi connectivity index (χ3n) is 4.20. The Morgan fingerprint density at radius 1 is 0.846 bits per heavy atom. The molecule has 1 unspecified atom stereocenters. The van der Waals surface area contributed by atoms with Crippen LogP contribution in [0.1, 0.15) is 84.5 Å². The first-order valence-corrected chi connectivity index (χ1v) is 11.7. The number of allylic oxidation sites excluding steroid dienone is 6. The van der Waals surface area contributed by atoms with Crippen LogP contribution in [0.3, 0.4) is 0 Å². The molecule has 0 rings (SSSR count). The number of ether oxygens (including phenoxy) is 1. The first-order valence-electron chi connectivity index (χ1n) is 10.4. The molecule has 0 spiro atoms. The zero-order chi connectivity index (χ0) is 19.3. The summed E-state index contributed by atoms with van der Waals surface area (Å²) in [5.74, 6) is -0.0425. The Hall–Kier alpha value is -0.960. The summed E-state index contributed by atoms with van der Waals surface area (Å²) < 4.78 is 5.10. The Bertz CT molecular complexity index is 399. The maximum absolute atomic E-state index is 11.7. The minimum absolute atomic E-state index is 0.0248. The Morgan fingerprint density at radius 3 is 2.04 bits per heavy atom. The molecule has 0 aliphatic rings. The van der Waals surface area contributed by atoms with E-state index in [1.54, 1.807) is 11.8 Å². The second-order valence-corrected chi connectivity index (χ2v) is 7.51. The number of hydrogen-bond acceptors (Lipinski definition) is 3. The van der Waals surface area contributed by atoms with E-state index >= 15 is 0 Å². The molecule has 0 aromatic heterocycles. The standard InChI is InChI=1S/C23H40O2S/c1-4-6-7-8-9-10-11-12-13-14-15-16-17-18-19-20-21-22(26-3)23(24)25-5-2/h6-7,9-10,12-13,22H,4-5,8,11,14-21H2,1-3H3/b7-6-,10-9-,13-12-. The molecule has 0 bridgehead atoms. The summed E-state index contributed by atoms with van der Waals surface area (Å²) in [6.07, 6.45) is 28.4. The van der Waals surface area contributed by atoms with Crippen LogP contribution in [0.4, 0.5) is 0 Å². The van der Waals surface area contributed by atoms with Gasteiger partial charge in [-0.1, -0.05) is 75.5 Å². The van der Waals surface area contributed by atoms with E-state index in [2.05, 4.69) is 43.4 Å². The first-order chi connectivity index (χ1) is 12.8. The van der Waals surface area contributed by atoms with E-state index in [1.807, 2.05) is 13.2 Å². The van der Waals surface area contributed by atoms with E-state index in [0.717, 1.165) is 32.1 Å². The number of carbonyl (C=O) groups excluding carboxylic acids is 1. The average Bonchev–Trinajstić information content (AvgIpc) is 2.64. The Morgan fingerprint density at radius 2 is 1.42 bits per heavy atom. The molecule has 2 nitrogen and oxygen atoms in total. The molecule has 0 aromatic carbocycles. The fourth-order valence-corrected chi connectivity index (χ4v) is 3.36. The predicted octanol–water partition coefficient (Wildman–Crippen LogP) is 7.26. The van der Waals surface area contributed by atoms with Crippen molar-refractivity contribution < 1.29 is 9.53 Å². The number of unbranched alkanes of at least 4 members (excludes halogenated alkanes) is 6. The summed E-state index contributed by atoms with van der Waals surface area (Å²) >= 11 is 1.62. The Kier molecular flexibility index (Phi) is 19.6. The van der Waals surface area contributed by atoms with Crippen molar-refractivity contribution in [2.24, 2.45) is 0 Å². The topological polar surface area (TPSA) is 26.3 Å². The molecule has 0 heterocycles. The van der Waals surface area contributed by atoms with Crippen LogP contribution in [0.25, 0.3) is 0 Å². The molecule has 0 aromatic rings. The van der Waals surface area contributed by atoms with Crippen molar-refractivity contribution in [2.45, 2.75) is 89.7 Å². The maximum atomic E-state index is 11.7. The van der Waals surface area contributed by atoms with Crippen LogP contribution < -0.4 is 0 Å².